The molecule has 0 saturated heterocycles. The van der Waals surface area contributed by atoms with E-state index in [4.69, 9.17) is 4.52 Å². The van der Waals surface area contributed by atoms with Crippen molar-refractivity contribution in [2.24, 2.45) is 7.05 Å². The molecule has 0 spiro atoms. The van der Waals surface area contributed by atoms with Gasteiger partial charge in [-0.3, -0.25) is 18.7 Å². The minimum Gasteiger partial charge on any atom is -0.361 e. The van der Waals surface area contributed by atoms with Crippen LogP contribution in [0.3, 0.4) is 0 Å². The predicted molar refractivity (Wildman–Crippen MR) is 131 cm³/mol. The molecule has 5 heterocycles. The van der Waals surface area contributed by atoms with Gasteiger partial charge in [-0.05, 0) is 13.8 Å². The van der Waals surface area contributed by atoms with Crippen LogP contribution in [0.5, 0.6) is 0 Å². The van der Waals surface area contributed by atoms with E-state index < -0.39 is 35.2 Å². The molecule has 202 valence electrons. The second-order valence-electron chi connectivity index (χ2n) is 8.48. The molecule has 0 aliphatic carbocycles. The van der Waals surface area contributed by atoms with Crippen molar-refractivity contribution in [3.05, 3.63) is 68.3 Å². The number of anilines is 1. The molecule has 0 radical (unpaired) electrons. The van der Waals surface area contributed by atoms with Crippen molar-refractivity contribution in [2.45, 2.75) is 32.6 Å². The molecule has 1 atom stereocenters. The zero-order valence-corrected chi connectivity index (χ0v) is 21.2. The summed E-state index contributed by atoms with van der Waals surface area (Å²) in [5.41, 5.74) is -0.537. The monoisotopic (exact) mass is 561 g/mol. The molecule has 1 N–H and O–H groups in total. The van der Waals surface area contributed by atoms with E-state index in [2.05, 4.69) is 30.4 Å². The molecular formula is C22H18F3N9O4S. The highest BCUT2D eigenvalue weighted by Crippen LogP contribution is 2.29. The smallest absolute Gasteiger partial charge is 0.361 e. The number of thiazole rings is 1. The number of carbonyl (C=O) groups is 1. The summed E-state index contributed by atoms with van der Waals surface area (Å²) in [4.78, 5) is 54.2. The summed E-state index contributed by atoms with van der Waals surface area (Å²) in [6.45, 7) is 3.07. The topological polar surface area (TPSA) is 156 Å². The molecule has 13 nitrogen and oxygen atoms in total. The van der Waals surface area contributed by atoms with E-state index in [0.717, 1.165) is 28.3 Å². The first-order valence-electron chi connectivity index (χ1n) is 11.2. The van der Waals surface area contributed by atoms with Crippen molar-refractivity contribution in [2.75, 3.05) is 5.32 Å². The van der Waals surface area contributed by atoms with E-state index in [1.54, 1.807) is 13.0 Å². The van der Waals surface area contributed by atoms with Gasteiger partial charge in [0.25, 0.3) is 5.56 Å². The highest BCUT2D eigenvalue weighted by molar-refractivity contribution is 7.13. The quantitative estimate of drug-likeness (QED) is 0.329. The summed E-state index contributed by atoms with van der Waals surface area (Å²) in [5.74, 6) is -1.17. The van der Waals surface area contributed by atoms with E-state index in [9.17, 15) is 27.6 Å². The Bertz CT molecular complexity index is 1820. The third kappa shape index (κ3) is 4.83. The number of hydrogen-bond acceptors (Lipinski definition) is 10. The lowest BCUT2D eigenvalue weighted by Gasteiger charge is -2.14. The van der Waals surface area contributed by atoms with Crippen molar-refractivity contribution >= 4 is 34.2 Å². The van der Waals surface area contributed by atoms with Crippen LogP contribution in [0.4, 0.5) is 19.0 Å². The number of rotatable bonds is 6. The lowest BCUT2D eigenvalue weighted by molar-refractivity contribution is -0.145. The minimum absolute atomic E-state index is 0.0286. The Morgan fingerprint density at radius 1 is 1.21 bits per heavy atom. The Balaban J connectivity index is 1.40. The van der Waals surface area contributed by atoms with Gasteiger partial charge in [0.15, 0.2) is 11.2 Å². The number of nitrogens with one attached hydrogen (secondary N) is 1. The van der Waals surface area contributed by atoms with Crippen molar-refractivity contribution in [3.8, 4) is 10.6 Å². The fourth-order valence-corrected chi connectivity index (χ4v) is 4.51. The maximum absolute atomic E-state index is 13.3. The van der Waals surface area contributed by atoms with Crippen LogP contribution in [-0.4, -0.2) is 44.7 Å². The number of imidazole rings is 1. The average molecular weight is 562 g/mol. The number of carbonyl (C=O) groups excluding carboxylic acids is 1. The first-order valence-corrected chi connectivity index (χ1v) is 12.1. The van der Waals surface area contributed by atoms with Gasteiger partial charge in [-0.15, -0.1) is 11.3 Å². The summed E-state index contributed by atoms with van der Waals surface area (Å²) < 4.78 is 46.7. The number of aromatic nitrogens is 8. The molecule has 0 aromatic carbocycles. The number of halogens is 3. The normalized spacial score (nSPS) is 12.7. The van der Waals surface area contributed by atoms with Crippen LogP contribution in [0.1, 0.15) is 30.2 Å². The third-order valence-electron chi connectivity index (χ3n) is 5.76. The first kappa shape index (κ1) is 26.0. The van der Waals surface area contributed by atoms with Gasteiger partial charge in [-0.1, -0.05) is 5.16 Å². The number of aryl methyl sites for hydroxylation is 2. The zero-order chi connectivity index (χ0) is 28.1. The van der Waals surface area contributed by atoms with Gasteiger partial charge >= 0.3 is 11.9 Å². The lowest BCUT2D eigenvalue weighted by atomic mass is 10.3. The molecule has 0 saturated carbocycles. The predicted octanol–water partition coefficient (Wildman–Crippen LogP) is 2.37. The Hall–Kier alpha value is -4.67. The molecule has 1 amide bonds. The number of hydrogen-bond donors (Lipinski definition) is 1. The molecule has 5 aromatic heterocycles. The fourth-order valence-electron chi connectivity index (χ4n) is 3.78. The average Bonchev–Trinajstić information content (AvgIpc) is 3.64. The molecule has 0 aliphatic heterocycles. The Morgan fingerprint density at radius 2 is 1.92 bits per heavy atom. The third-order valence-corrected chi connectivity index (χ3v) is 6.65. The number of amides is 1. The van der Waals surface area contributed by atoms with Gasteiger partial charge < -0.3 is 14.4 Å². The standard InChI is InChI=1S/C22H18F3N9O4S/c1-10-4-13(31-38-10)7-33-19(36)15-16(32(3)21(33)37)28-9-34(15)11(2)17(35)29-14-8-39-18(30-14)12-5-26-20(27-6-12)22(23,24)25/h4-6,8-9,11H,7H2,1-3H3,(H,29,35). The van der Waals surface area contributed by atoms with E-state index in [1.165, 1.54) is 34.8 Å². The van der Waals surface area contributed by atoms with E-state index in [-0.39, 0.29) is 29.1 Å². The van der Waals surface area contributed by atoms with Crippen LogP contribution in [0.15, 0.2) is 44.3 Å². The molecule has 5 aromatic rings. The molecular weight excluding hydrogens is 543 g/mol. The van der Waals surface area contributed by atoms with Crippen LogP contribution in [0.25, 0.3) is 21.7 Å². The van der Waals surface area contributed by atoms with Gasteiger partial charge in [0.2, 0.25) is 11.7 Å². The van der Waals surface area contributed by atoms with Gasteiger partial charge in [0.1, 0.15) is 28.3 Å². The van der Waals surface area contributed by atoms with Crippen molar-refractivity contribution < 1.29 is 22.5 Å². The Kier molecular flexibility index (Phi) is 6.37. The highest BCUT2D eigenvalue weighted by Gasteiger charge is 2.34. The summed E-state index contributed by atoms with van der Waals surface area (Å²) in [6, 6.07) is 0.644. The summed E-state index contributed by atoms with van der Waals surface area (Å²) in [7, 11) is 1.46. The van der Waals surface area contributed by atoms with Gasteiger partial charge in [0, 0.05) is 36.5 Å². The molecule has 17 heteroatoms. The SMILES string of the molecule is Cc1cc(Cn2c(=O)c3c(ncn3C(C)C(=O)Nc3csc(-c4cnc(C(F)(F)F)nc4)n3)n(C)c2=O)no1. The van der Waals surface area contributed by atoms with Crippen molar-refractivity contribution in [1.29, 1.82) is 0 Å². The van der Waals surface area contributed by atoms with E-state index in [1.807, 2.05) is 0 Å². The number of alkyl halides is 3. The van der Waals surface area contributed by atoms with Crippen LogP contribution >= 0.6 is 11.3 Å². The fraction of sp³-hybridized carbons (Fsp3) is 0.273. The second-order valence-corrected chi connectivity index (χ2v) is 9.34. The summed E-state index contributed by atoms with van der Waals surface area (Å²) in [5, 5.41) is 8.24. The van der Waals surface area contributed by atoms with E-state index in [0.29, 0.717) is 16.5 Å². The first-order chi connectivity index (χ1) is 18.4. The van der Waals surface area contributed by atoms with Crippen molar-refractivity contribution in [1.82, 2.24) is 38.8 Å². The lowest BCUT2D eigenvalue weighted by Crippen LogP contribution is -2.40. The van der Waals surface area contributed by atoms with Gasteiger partial charge in [-0.25, -0.2) is 24.7 Å². The Labute approximate surface area is 219 Å². The molecule has 1 unspecified atom stereocenters. The highest BCUT2D eigenvalue weighted by atomic mass is 32.1. The summed E-state index contributed by atoms with van der Waals surface area (Å²) >= 11 is 1.07. The van der Waals surface area contributed by atoms with Crippen LogP contribution in [-0.2, 0) is 24.6 Å². The van der Waals surface area contributed by atoms with Gasteiger partial charge in [0.05, 0.1) is 12.9 Å². The maximum Gasteiger partial charge on any atom is 0.451 e. The minimum atomic E-state index is -4.67. The molecule has 0 fully saturated rings. The molecule has 39 heavy (non-hydrogen) atoms. The zero-order valence-electron chi connectivity index (χ0n) is 20.4. The molecule has 0 aliphatic rings. The molecule has 5 rings (SSSR count). The summed E-state index contributed by atoms with van der Waals surface area (Å²) in [6.07, 6.45) is -1.39. The van der Waals surface area contributed by atoms with Gasteiger partial charge in [-0.2, -0.15) is 13.2 Å². The molecule has 0 bridgehead atoms. The van der Waals surface area contributed by atoms with Crippen LogP contribution in [0, 0.1) is 6.92 Å². The maximum atomic E-state index is 13.3. The van der Waals surface area contributed by atoms with E-state index >= 15 is 0 Å². The number of fused-ring (bicyclic) bond motifs is 1. The van der Waals surface area contributed by atoms with Crippen LogP contribution < -0.4 is 16.6 Å². The largest absolute Gasteiger partial charge is 0.451 e. The number of nitrogens with zero attached hydrogens (tertiary/aromatic N) is 8. The Morgan fingerprint density at radius 3 is 2.56 bits per heavy atom. The van der Waals surface area contributed by atoms with Crippen molar-refractivity contribution in [3.63, 3.8) is 0 Å². The second kappa shape index (κ2) is 9.57. The van der Waals surface area contributed by atoms with Crippen LogP contribution in [0.2, 0.25) is 0 Å².